The molecule has 2 aliphatic rings. The Morgan fingerprint density at radius 1 is 1.50 bits per heavy atom. The first kappa shape index (κ1) is 14.4. The Morgan fingerprint density at radius 3 is 3.06 bits per heavy atom. The molecule has 2 nitrogen and oxygen atoms in total. The first-order valence-corrected chi connectivity index (χ1v) is 6.45. The molecule has 1 saturated heterocycles. The first-order chi connectivity index (χ1) is 8.84. The Hall–Kier alpha value is -1.64. The lowest BCUT2D eigenvalue weighted by Crippen LogP contribution is -2.23. The predicted octanol–water partition coefficient (Wildman–Crippen LogP) is 2.01. The largest absolute Gasteiger partial charge is 0.380 e. The van der Waals surface area contributed by atoms with Crippen LogP contribution in [0.3, 0.4) is 0 Å². The van der Waals surface area contributed by atoms with Crippen LogP contribution in [0.4, 0.5) is 0 Å². The zero-order valence-corrected chi connectivity index (χ0v) is 11.2. The van der Waals surface area contributed by atoms with Crippen LogP contribution in [0.1, 0.15) is 19.8 Å². The van der Waals surface area contributed by atoms with Crippen molar-refractivity contribution in [1.82, 2.24) is 10.2 Å². The van der Waals surface area contributed by atoms with Crippen LogP contribution >= 0.6 is 0 Å². The topological polar surface area (TPSA) is 15.3 Å². The summed E-state index contributed by atoms with van der Waals surface area (Å²) in [5, 5.41) is 3.26. The van der Waals surface area contributed by atoms with E-state index < -0.39 is 0 Å². The van der Waals surface area contributed by atoms with Gasteiger partial charge in [0.2, 0.25) is 0 Å². The Bertz CT molecular complexity index is 379. The van der Waals surface area contributed by atoms with Gasteiger partial charge in [-0.15, -0.1) is 12.8 Å². The molecule has 1 unspecified atom stereocenters. The Balaban J connectivity index is 0.000000771. The summed E-state index contributed by atoms with van der Waals surface area (Å²) in [5.41, 5.74) is 1.45. The van der Waals surface area contributed by atoms with E-state index in [1.54, 1.807) is 0 Å². The van der Waals surface area contributed by atoms with E-state index in [2.05, 4.69) is 54.1 Å². The predicted molar refractivity (Wildman–Crippen MR) is 77.7 cm³/mol. The van der Waals surface area contributed by atoms with Crippen LogP contribution in [-0.4, -0.2) is 31.1 Å². The molecule has 0 saturated carbocycles. The highest BCUT2D eigenvalue weighted by atomic mass is 15.1. The molecular weight excluding hydrogens is 220 g/mol. The fourth-order valence-electron chi connectivity index (χ4n) is 2.25. The zero-order valence-electron chi connectivity index (χ0n) is 11.2. The summed E-state index contributed by atoms with van der Waals surface area (Å²) < 4.78 is 0. The van der Waals surface area contributed by atoms with Gasteiger partial charge >= 0.3 is 0 Å². The van der Waals surface area contributed by atoms with E-state index in [-0.39, 0.29) is 0 Å². The average molecular weight is 242 g/mol. The molecular formula is C16H22N2. The van der Waals surface area contributed by atoms with Crippen LogP contribution in [0.25, 0.3) is 0 Å². The van der Waals surface area contributed by atoms with Crippen LogP contribution in [0, 0.1) is 30.6 Å². The molecule has 0 radical (unpaired) electrons. The third-order valence-corrected chi connectivity index (χ3v) is 3.11. The highest BCUT2D eigenvalue weighted by Crippen LogP contribution is 2.17. The molecule has 2 aliphatic heterocycles. The quantitative estimate of drug-likeness (QED) is 0.745. The highest BCUT2D eigenvalue weighted by molar-refractivity contribution is 5.21. The van der Waals surface area contributed by atoms with Gasteiger partial charge < -0.3 is 5.32 Å². The Kier molecular flexibility index (Phi) is 6.77. The smallest absolute Gasteiger partial charge is 0.0764 e. The standard InChI is InChI=1S/C14H20N2.C2H2/c1-13-7-9-16(11-13)12-14-6-4-2-3-5-8-15-10-14;1-2/h2,4,10,13,15H,6-9,11-12H2,1H3;1-2H/b4-2-,14-10+;. The number of hydrogen-bond donors (Lipinski definition) is 1. The summed E-state index contributed by atoms with van der Waals surface area (Å²) in [5.74, 6) is 6.92. The van der Waals surface area contributed by atoms with Gasteiger partial charge in [-0.05, 0) is 43.2 Å². The molecule has 18 heavy (non-hydrogen) atoms. The molecule has 0 aliphatic carbocycles. The van der Waals surface area contributed by atoms with Gasteiger partial charge in [0.15, 0.2) is 0 Å². The molecule has 2 heterocycles. The van der Waals surface area contributed by atoms with Crippen molar-refractivity contribution in [1.29, 1.82) is 0 Å². The summed E-state index contributed by atoms with van der Waals surface area (Å²) in [6, 6.07) is 0. The van der Waals surface area contributed by atoms with Crippen molar-refractivity contribution < 1.29 is 0 Å². The summed E-state index contributed by atoms with van der Waals surface area (Å²) in [6.45, 7) is 6.69. The average Bonchev–Trinajstić information content (AvgIpc) is 2.84. The van der Waals surface area contributed by atoms with Gasteiger partial charge in [-0.1, -0.05) is 24.8 Å². The number of terminal acetylenes is 1. The maximum absolute atomic E-state index is 4.00. The monoisotopic (exact) mass is 242 g/mol. The highest BCUT2D eigenvalue weighted by Gasteiger charge is 2.18. The summed E-state index contributed by atoms with van der Waals surface area (Å²) >= 11 is 0. The summed E-state index contributed by atoms with van der Waals surface area (Å²) in [6.07, 6.45) is 16.6. The lowest BCUT2D eigenvalue weighted by Gasteiger charge is -2.17. The molecule has 0 spiro atoms. The number of allylic oxidation sites excluding steroid dienone is 2. The van der Waals surface area contributed by atoms with Crippen LogP contribution in [0.5, 0.6) is 0 Å². The van der Waals surface area contributed by atoms with Gasteiger partial charge in [-0.25, -0.2) is 0 Å². The number of rotatable bonds is 2. The van der Waals surface area contributed by atoms with E-state index in [0.29, 0.717) is 0 Å². The number of hydrogen-bond acceptors (Lipinski definition) is 2. The molecule has 0 amide bonds. The van der Waals surface area contributed by atoms with Gasteiger partial charge in [-0.3, -0.25) is 4.90 Å². The van der Waals surface area contributed by atoms with Crippen LogP contribution < -0.4 is 5.32 Å². The lowest BCUT2D eigenvalue weighted by molar-refractivity contribution is 0.353. The fraction of sp³-hybridized carbons (Fsp3) is 0.500. The van der Waals surface area contributed by atoms with E-state index in [9.17, 15) is 0 Å². The second kappa shape index (κ2) is 8.45. The van der Waals surface area contributed by atoms with Crippen molar-refractivity contribution in [3.63, 3.8) is 0 Å². The molecule has 0 bridgehead atoms. The van der Waals surface area contributed by atoms with E-state index in [4.69, 9.17) is 0 Å². The molecule has 2 rings (SSSR count). The van der Waals surface area contributed by atoms with Gasteiger partial charge in [0, 0.05) is 13.1 Å². The van der Waals surface area contributed by atoms with Crippen molar-refractivity contribution in [2.24, 2.45) is 5.92 Å². The number of nitrogens with one attached hydrogen (secondary N) is 1. The van der Waals surface area contributed by atoms with E-state index in [0.717, 1.165) is 25.4 Å². The Labute approximate surface area is 111 Å². The number of nitrogens with zero attached hydrogens (tertiary/aromatic N) is 1. The number of likely N-dealkylation sites (tertiary alicyclic amines) is 1. The van der Waals surface area contributed by atoms with Crippen LogP contribution in [0.15, 0.2) is 23.9 Å². The SMILES string of the molecule is C#C.CC1CCN(C/C2=C/NCC#C/C=C\C2)C1. The van der Waals surface area contributed by atoms with Gasteiger partial charge in [0.05, 0.1) is 6.54 Å². The molecule has 0 aromatic carbocycles. The van der Waals surface area contributed by atoms with Crippen molar-refractivity contribution in [2.45, 2.75) is 19.8 Å². The summed E-state index contributed by atoms with van der Waals surface area (Å²) in [4.78, 5) is 2.55. The van der Waals surface area contributed by atoms with Gasteiger partial charge in [-0.2, -0.15) is 0 Å². The Morgan fingerprint density at radius 2 is 2.33 bits per heavy atom. The third-order valence-electron chi connectivity index (χ3n) is 3.11. The summed E-state index contributed by atoms with van der Waals surface area (Å²) in [7, 11) is 0. The molecule has 96 valence electrons. The van der Waals surface area contributed by atoms with Crippen LogP contribution in [-0.2, 0) is 0 Å². The molecule has 1 N–H and O–H groups in total. The van der Waals surface area contributed by atoms with E-state index >= 15 is 0 Å². The van der Waals surface area contributed by atoms with Crippen molar-refractivity contribution >= 4 is 0 Å². The van der Waals surface area contributed by atoms with Gasteiger partial charge in [0.25, 0.3) is 0 Å². The minimum absolute atomic E-state index is 0.754. The fourth-order valence-corrected chi connectivity index (χ4v) is 2.25. The molecule has 1 fully saturated rings. The normalized spacial score (nSPS) is 27.7. The van der Waals surface area contributed by atoms with E-state index in [1.165, 1.54) is 25.1 Å². The first-order valence-electron chi connectivity index (χ1n) is 6.45. The van der Waals surface area contributed by atoms with Crippen molar-refractivity contribution in [3.05, 3.63) is 23.9 Å². The molecule has 0 aromatic rings. The zero-order chi connectivity index (χ0) is 13.2. The molecule has 1 atom stereocenters. The third kappa shape index (κ3) is 5.13. The maximum atomic E-state index is 4.00. The second-order valence-corrected chi connectivity index (χ2v) is 4.74. The lowest BCUT2D eigenvalue weighted by atomic mass is 10.1. The van der Waals surface area contributed by atoms with Crippen molar-refractivity contribution in [2.75, 3.05) is 26.2 Å². The molecule has 0 aromatic heterocycles. The minimum Gasteiger partial charge on any atom is -0.380 e. The molecule has 2 heteroatoms. The second-order valence-electron chi connectivity index (χ2n) is 4.74. The van der Waals surface area contributed by atoms with Crippen LogP contribution in [0.2, 0.25) is 0 Å². The maximum Gasteiger partial charge on any atom is 0.0764 e. The van der Waals surface area contributed by atoms with Gasteiger partial charge in [0.1, 0.15) is 0 Å². The van der Waals surface area contributed by atoms with E-state index in [1.807, 2.05) is 6.08 Å². The van der Waals surface area contributed by atoms with Crippen molar-refractivity contribution in [3.8, 4) is 24.7 Å². The minimum atomic E-state index is 0.754.